The summed E-state index contributed by atoms with van der Waals surface area (Å²) in [5.41, 5.74) is 0.974. The summed E-state index contributed by atoms with van der Waals surface area (Å²) in [6, 6.07) is 14.8. The second-order valence-corrected chi connectivity index (χ2v) is 7.65. The average molecular weight is 450 g/mol. The van der Waals surface area contributed by atoms with Gasteiger partial charge in [-0.1, -0.05) is 17.7 Å². The number of hydrogen-bond acceptors (Lipinski definition) is 4. The second kappa shape index (κ2) is 8.72. The van der Waals surface area contributed by atoms with Crippen LogP contribution in [-0.2, 0) is 11.3 Å². The first-order valence-corrected chi connectivity index (χ1v) is 10.1. The Balaban J connectivity index is 1.76. The van der Waals surface area contributed by atoms with Crippen molar-refractivity contribution in [3.8, 4) is 0 Å². The fraction of sp³-hybridized carbons (Fsp3) is 0.0833. The van der Waals surface area contributed by atoms with E-state index in [4.69, 9.17) is 11.6 Å². The first-order valence-electron chi connectivity index (χ1n) is 9.68. The van der Waals surface area contributed by atoms with Crippen LogP contribution in [0.4, 0.5) is 10.1 Å². The van der Waals surface area contributed by atoms with Crippen molar-refractivity contribution in [1.82, 2.24) is 9.55 Å². The summed E-state index contributed by atoms with van der Waals surface area (Å²) >= 11 is 5.96. The lowest BCUT2D eigenvalue weighted by molar-refractivity contribution is -0.116. The third-order valence-electron chi connectivity index (χ3n) is 4.83. The Kier molecular flexibility index (Phi) is 5.83. The number of halogens is 2. The van der Waals surface area contributed by atoms with E-state index in [9.17, 15) is 18.8 Å². The van der Waals surface area contributed by atoms with Gasteiger partial charge in [0.1, 0.15) is 18.0 Å². The SMILES string of the molecule is Cc1ccc2c(=O)c(C(=O)c3ccc(F)cc3)cn(CC(=O)Nc3cccc(Cl)c3)c2n1. The van der Waals surface area contributed by atoms with E-state index in [2.05, 4.69) is 10.3 Å². The van der Waals surface area contributed by atoms with Gasteiger partial charge in [-0.25, -0.2) is 9.37 Å². The molecule has 0 aliphatic carbocycles. The van der Waals surface area contributed by atoms with Gasteiger partial charge in [0, 0.05) is 28.2 Å². The first-order chi connectivity index (χ1) is 15.3. The van der Waals surface area contributed by atoms with Crippen LogP contribution in [0.5, 0.6) is 0 Å². The van der Waals surface area contributed by atoms with Crippen molar-refractivity contribution < 1.29 is 14.0 Å². The van der Waals surface area contributed by atoms with Gasteiger partial charge < -0.3 is 9.88 Å². The van der Waals surface area contributed by atoms with Gasteiger partial charge in [0.25, 0.3) is 0 Å². The quantitative estimate of drug-likeness (QED) is 0.459. The molecule has 32 heavy (non-hydrogen) atoms. The van der Waals surface area contributed by atoms with Gasteiger partial charge in [0.15, 0.2) is 5.78 Å². The average Bonchev–Trinajstić information content (AvgIpc) is 2.75. The van der Waals surface area contributed by atoms with E-state index in [0.717, 1.165) is 12.1 Å². The smallest absolute Gasteiger partial charge is 0.244 e. The Morgan fingerprint density at radius 3 is 2.56 bits per heavy atom. The lowest BCUT2D eigenvalue weighted by atomic mass is 10.0. The van der Waals surface area contributed by atoms with Crippen LogP contribution in [0.25, 0.3) is 11.0 Å². The monoisotopic (exact) mass is 449 g/mol. The summed E-state index contributed by atoms with van der Waals surface area (Å²) in [5.74, 6) is -1.45. The van der Waals surface area contributed by atoms with Gasteiger partial charge in [0.2, 0.25) is 11.3 Å². The van der Waals surface area contributed by atoms with Crippen LogP contribution in [0.3, 0.4) is 0 Å². The van der Waals surface area contributed by atoms with Crippen LogP contribution in [-0.4, -0.2) is 21.2 Å². The van der Waals surface area contributed by atoms with E-state index >= 15 is 0 Å². The van der Waals surface area contributed by atoms with Crippen LogP contribution in [0.2, 0.25) is 5.02 Å². The molecule has 2 heterocycles. The molecule has 4 rings (SSSR count). The number of rotatable bonds is 5. The van der Waals surface area contributed by atoms with Gasteiger partial charge in [-0.2, -0.15) is 0 Å². The summed E-state index contributed by atoms with van der Waals surface area (Å²) in [6.45, 7) is 1.57. The summed E-state index contributed by atoms with van der Waals surface area (Å²) in [6.07, 6.45) is 1.32. The topological polar surface area (TPSA) is 81.1 Å². The Morgan fingerprint density at radius 2 is 1.84 bits per heavy atom. The third-order valence-corrected chi connectivity index (χ3v) is 5.07. The highest BCUT2D eigenvalue weighted by atomic mass is 35.5. The number of pyridine rings is 2. The Morgan fingerprint density at radius 1 is 1.09 bits per heavy atom. The van der Waals surface area contributed by atoms with Gasteiger partial charge in [-0.15, -0.1) is 0 Å². The van der Waals surface area contributed by atoms with Gasteiger partial charge >= 0.3 is 0 Å². The maximum Gasteiger partial charge on any atom is 0.244 e. The number of nitrogens with zero attached hydrogens (tertiary/aromatic N) is 2. The highest BCUT2D eigenvalue weighted by Crippen LogP contribution is 2.17. The van der Waals surface area contributed by atoms with E-state index in [1.807, 2.05) is 0 Å². The molecule has 6 nitrogen and oxygen atoms in total. The van der Waals surface area contributed by atoms with Crippen LogP contribution >= 0.6 is 11.6 Å². The van der Waals surface area contributed by atoms with Crippen LogP contribution in [0, 0.1) is 12.7 Å². The third kappa shape index (κ3) is 4.43. The molecule has 2 aromatic carbocycles. The van der Waals surface area contributed by atoms with Crippen LogP contribution in [0.15, 0.2) is 71.7 Å². The molecule has 160 valence electrons. The maximum atomic E-state index is 13.3. The van der Waals surface area contributed by atoms with Crippen molar-refractivity contribution in [3.63, 3.8) is 0 Å². The predicted octanol–water partition coefficient (Wildman–Crippen LogP) is 4.37. The number of carbonyl (C=O) groups excluding carboxylic acids is 2. The maximum absolute atomic E-state index is 13.3. The van der Waals surface area contributed by atoms with Gasteiger partial charge in [-0.3, -0.25) is 14.4 Å². The van der Waals surface area contributed by atoms with Crippen LogP contribution < -0.4 is 10.7 Å². The van der Waals surface area contributed by atoms with Crippen molar-refractivity contribution in [3.05, 3.63) is 105 Å². The zero-order valence-corrected chi connectivity index (χ0v) is 17.7. The van der Waals surface area contributed by atoms with Crippen LogP contribution in [0.1, 0.15) is 21.6 Å². The molecule has 8 heteroatoms. The standard InChI is InChI=1S/C24H17ClFN3O3/c1-14-5-10-19-23(32)20(22(31)15-6-8-17(26)9-7-15)12-29(24(19)27-14)13-21(30)28-18-4-2-3-16(25)11-18/h2-12H,13H2,1H3,(H,28,30). The normalized spacial score (nSPS) is 10.8. The van der Waals surface area contributed by atoms with Crippen molar-refractivity contribution in [2.75, 3.05) is 5.32 Å². The molecular formula is C24H17ClFN3O3. The molecule has 0 fully saturated rings. The molecule has 0 aliphatic rings. The van der Waals surface area contributed by atoms with E-state index in [1.165, 1.54) is 22.9 Å². The van der Waals surface area contributed by atoms with Crippen molar-refractivity contribution in [1.29, 1.82) is 0 Å². The fourth-order valence-corrected chi connectivity index (χ4v) is 3.51. The number of fused-ring (bicyclic) bond motifs is 1. The molecule has 4 aromatic rings. The molecule has 1 amide bonds. The zero-order chi connectivity index (χ0) is 22.8. The van der Waals surface area contributed by atoms with Crippen molar-refractivity contribution >= 4 is 40.0 Å². The van der Waals surface area contributed by atoms with Gasteiger partial charge in [0.05, 0.1) is 10.9 Å². The number of amides is 1. The Bertz CT molecular complexity index is 1410. The van der Waals surface area contributed by atoms with Crippen molar-refractivity contribution in [2.45, 2.75) is 13.5 Å². The molecule has 1 N–H and O–H groups in total. The summed E-state index contributed by atoms with van der Waals surface area (Å²) in [5, 5.41) is 3.42. The fourth-order valence-electron chi connectivity index (χ4n) is 3.32. The number of aromatic nitrogens is 2. The Labute approximate surface area is 187 Å². The number of hydrogen-bond donors (Lipinski definition) is 1. The minimum atomic E-state index is -0.568. The highest BCUT2D eigenvalue weighted by molar-refractivity contribution is 6.30. The molecule has 0 bridgehead atoms. The number of carbonyl (C=O) groups is 2. The Hall–Kier alpha value is -3.84. The van der Waals surface area contributed by atoms with Gasteiger partial charge in [-0.05, 0) is 61.5 Å². The number of benzene rings is 2. The lowest BCUT2D eigenvalue weighted by Crippen LogP contribution is -2.25. The first kappa shape index (κ1) is 21.4. The van der Waals surface area contributed by atoms with Crippen molar-refractivity contribution in [2.24, 2.45) is 0 Å². The van der Waals surface area contributed by atoms with E-state index in [-0.39, 0.29) is 34.6 Å². The van der Waals surface area contributed by atoms with E-state index < -0.39 is 17.0 Å². The predicted molar refractivity (Wildman–Crippen MR) is 121 cm³/mol. The molecule has 0 spiro atoms. The molecule has 0 radical (unpaired) electrons. The molecule has 0 unspecified atom stereocenters. The molecule has 2 aromatic heterocycles. The molecule has 0 saturated heterocycles. The molecular weight excluding hydrogens is 433 g/mol. The van der Waals surface area contributed by atoms with E-state index in [1.54, 1.807) is 43.3 Å². The number of ketones is 1. The molecule has 0 atom stereocenters. The minimum Gasteiger partial charge on any atom is -0.324 e. The largest absolute Gasteiger partial charge is 0.324 e. The summed E-state index contributed by atoms with van der Waals surface area (Å²) in [4.78, 5) is 43.1. The number of aryl methyl sites for hydroxylation is 1. The molecule has 0 aliphatic heterocycles. The number of anilines is 1. The lowest BCUT2D eigenvalue weighted by Gasteiger charge is -2.13. The second-order valence-electron chi connectivity index (χ2n) is 7.22. The minimum absolute atomic E-state index is 0.134. The highest BCUT2D eigenvalue weighted by Gasteiger charge is 2.19. The molecule has 0 saturated carbocycles. The zero-order valence-electron chi connectivity index (χ0n) is 16.9. The van der Waals surface area contributed by atoms with E-state index in [0.29, 0.717) is 16.4 Å². The number of nitrogens with one attached hydrogen (secondary N) is 1. The summed E-state index contributed by atoms with van der Waals surface area (Å²) in [7, 11) is 0. The summed E-state index contributed by atoms with van der Waals surface area (Å²) < 4.78 is 14.7.